The average molecular weight is 292 g/mol. The minimum atomic E-state index is -0.608. The van der Waals surface area contributed by atoms with Gasteiger partial charge in [0.2, 0.25) is 5.91 Å². The molecule has 0 unspecified atom stereocenters. The Kier molecular flexibility index (Phi) is 5.49. The molecular formula is C16H24N2O3. The number of rotatable bonds is 4. The number of carbonyl (C=O) groups excluding carboxylic acids is 2. The Morgan fingerprint density at radius 1 is 1.14 bits per heavy atom. The Balaban J connectivity index is 2.71. The Bertz CT molecular complexity index is 501. The highest BCUT2D eigenvalue weighted by molar-refractivity contribution is 5.96. The van der Waals surface area contributed by atoms with Gasteiger partial charge in [-0.15, -0.1) is 0 Å². The van der Waals surface area contributed by atoms with Crippen molar-refractivity contribution in [2.24, 2.45) is 11.1 Å². The van der Waals surface area contributed by atoms with Gasteiger partial charge in [-0.05, 0) is 43.5 Å². The van der Waals surface area contributed by atoms with E-state index in [0.717, 1.165) is 0 Å². The molecule has 5 nitrogen and oxygen atoms in total. The number of benzene rings is 1. The van der Waals surface area contributed by atoms with E-state index >= 15 is 0 Å². The van der Waals surface area contributed by atoms with E-state index in [2.05, 4.69) is 5.32 Å². The maximum Gasteiger partial charge on any atom is 0.338 e. The second-order valence-electron chi connectivity index (χ2n) is 6.36. The lowest BCUT2D eigenvalue weighted by Crippen LogP contribution is -2.45. The lowest BCUT2D eigenvalue weighted by Gasteiger charge is -2.25. The lowest BCUT2D eigenvalue weighted by molar-refractivity contribution is -0.119. The Hall–Kier alpha value is -1.88. The quantitative estimate of drug-likeness (QED) is 0.836. The zero-order chi connectivity index (χ0) is 16.2. The summed E-state index contributed by atoms with van der Waals surface area (Å²) in [5.74, 6) is -0.630. The first kappa shape index (κ1) is 17.2. The molecule has 0 saturated heterocycles. The van der Waals surface area contributed by atoms with E-state index < -0.39 is 6.04 Å². The van der Waals surface area contributed by atoms with Gasteiger partial charge in [-0.1, -0.05) is 20.8 Å². The van der Waals surface area contributed by atoms with E-state index in [4.69, 9.17) is 10.5 Å². The van der Waals surface area contributed by atoms with Crippen LogP contribution in [0.1, 0.15) is 45.0 Å². The Morgan fingerprint density at radius 2 is 1.67 bits per heavy atom. The van der Waals surface area contributed by atoms with Crippen molar-refractivity contribution in [3.05, 3.63) is 29.8 Å². The summed E-state index contributed by atoms with van der Waals surface area (Å²) in [6.45, 7) is 9.30. The summed E-state index contributed by atoms with van der Waals surface area (Å²) in [6.07, 6.45) is -0.165. The minimum Gasteiger partial charge on any atom is -0.459 e. The van der Waals surface area contributed by atoms with Gasteiger partial charge in [-0.25, -0.2) is 4.79 Å². The Labute approximate surface area is 125 Å². The van der Waals surface area contributed by atoms with Gasteiger partial charge in [-0.2, -0.15) is 0 Å². The molecule has 1 aromatic rings. The molecule has 0 bridgehead atoms. The topological polar surface area (TPSA) is 81.4 Å². The fourth-order valence-electron chi connectivity index (χ4n) is 1.59. The monoisotopic (exact) mass is 292 g/mol. The van der Waals surface area contributed by atoms with Gasteiger partial charge in [0, 0.05) is 5.69 Å². The van der Waals surface area contributed by atoms with Gasteiger partial charge < -0.3 is 15.8 Å². The molecule has 1 amide bonds. The molecule has 116 valence electrons. The average Bonchev–Trinajstić information content (AvgIpc) is 2.36. The molecule has 5 heteroatoms. The van der Waals surface area contributed by atoms with Crippen molar-refractivity contribution >= 4 is 17.6 Å². The number of esters is 1. The van der Waals surface area contributed by atoms with Gasteiger partial charge in [0.1, 0.15) is 0 Å². The zero-order valence-corrected chi connectivity index (χ0v) is 13.3. The van der Waals surface area contributed by atoms with E-state index in [1.165, 1.54) is 0 Å². The van der Waals surface area contributed by atoms with Crippen LogP contribution in [0.15, 0.2) is 24.3 Å². The predicted octanol–water partition coefficient (Wildman–Crippen LogP) is 2.56. The number of carbonyl (C=O) groups is 2. The number of nitrogens with one attached hydrogen (secondary N) is 1. The summed E-state index contributed by atoms with van der Waals surface area (Å²) in [6, 6.07) is 5.93. The van der Waals surface area contributed by atoms with Crippen molar-refractivity contribution in [1.29, 1.82) is 0 Å². The maximum atomic E-state index is 12.0. The highest BCUT2D eigenvalue weighted by atomic mass is 16.5. The van der Waals surface area contributed by atoms with Gasteiger partial charge >= 0.3 is 5.97 Å². The molecule has 0 aliphatic carbocycles. The van der Waals surface area contributed by atoms with Gasteiger partial charge in [0.25, 0.3) is 0 Å². The molecule has 21 heavy (non-hydrogen) atoms. The van der Waals surface area contributed by atoms with E-state index in [0.29, 0.717) is 11.3 Å². The van der Waals surface area contributed by atoms with Crippen LogP contribution >= 0.6 is 0 Å². The molecule has 0 heterocycles. The Morgan fingerprint density at radius 3 is 2.10 bits per heavy atom. The lowest BCUT2D eigenvalue weighted by atomic mass is 9.87. The molecule has 3 N–H and O–H groups in total. The smallest absolute Gasteiger partial charge is 0.338 e. The third kappa shape index (κ3) is 5.19. The van der Waals surface area contributed by atoms with Crippen molar-refractivity contribution in [3.8, 4) is 0 Å². The number of ether oxygens (including phenoxy) is 1. The minimum absolute atomic E-state index is 0.165. The summed E-state index contributed by atoms with van der Waals surface area (Å²) in [4.78, 5) is 23.7. The van der Waals surface area contributed by atoms with E-state index in [1.54, 1.807) is 38.1 Å². The third-order valence-electron chi connectivity index (χ3n) is 2.95. The van der Waals surface area contributed by atoms with Crippen molar-refractivity contribution in [2.75, 3.05) is 5.32 Å². The maximum absolute atomic E-state index is 12.0. The molecule has 0 aliphatic heterocycles. The largest absolute Gasteiger partial charge is 0.459 e. The number of hydrogen-bond acceptors (Lipinski definition) is 4. The van der Waals surface area contributed by atoms with Crippen LogP contribution in [0.25, 0.3) is 0 Å². The SMILES string of the molecule is CC(C)OC(=O)c1ccc(NC(=O)[C@H](N)C(C)(C)C)cc1. The van der Waals surface area contributed by atoms with Gasteiger partial charge in [-0.3, -0.25) is 4.79 Å². The van der Waals surface area contributed by atoms with E-state index in [1.807, 2.05) is 20.8 Å². The first-order valence-corrected chi connectivity index (χ1v) is 6.98. The van der Waals surface area contributed by atoms with Crippen LogP contribution in [-0.2, 0) is 9.53 Å². The molecule has 0 spiro atoms. The molecular weight excluding hydrogens is 268 g/mol. The zero-order valence-electron chi connectivity index (χ0n) is 13.3. The molecule has 1 aromatic carbocycles. The first-order chi connectivity index (χ1) is 9.61. The van der Waals surface area contributed by atoms with Crippen LogP contribution in [0, 0.1) is 5.41 Å². The van der Waals surface area contributed by atoms with Crippen LogP contribution in [-0.4, -0.2) is 24.0 Å². The van der Waals surface area contributed by atoms with E-state index in [9.17, 15) is 9.59 Å². The van der Waals surface area contributed by atoms with Crippen molar-refractivity contribution < 1.29 is 14.3 Å². The highest BCUT2D eigenvalue weighted by Gasteiger charge is 2.27. The summed E-state index contributed by atoms with van der Waals surface area (Å²) in [5.41, 5.74) is 6.62. The molecule has 0 fully saturated rings. The second kappa shape index (κ2) is 6.72. The molecule has 0 aromatic heterocycles. The highest BCUT2D eigenvalue weighted by Crippen LogP contribution is 2.19. The van der Waals surface area contributed by atoms with Crippen molar-refractivity contribution in [1.82, 2.24) is 0 Å². The summed E-state index contributed by atoms with van der Waals surface area (Å²) < 4.78 is 5.09. The molecule has 1 rings (SSSR count). The van der Waals surface area contributed by atoms with Crippen LogP contribution in [0.4, 0.5) is 5.69 Å². The van der Waals surface area contributed by atoms with Crippen LogP contribution < -0.4 is 11.1 Å². The predicted molar refractivity (Wildman–Crippen MR) is 83.1 cm³/mol. The summed E-state index contributed by atoms with van der Waals surface area (Å²) >= 11 is 0. The van der Waals surface area contributed by atoms with Crippen LogP contribution in [0.2, 0.25) is 0 Å². The van der Waals surface area contributed by atoms with E-state index in [-0.39, 0.29) is 23.4 Å². The fourth-order valence-corrected chi connectivity index (χ4v) is 1.59. The number of hydrogen-bond donors (Lipinski definition) is 2. The molecule has 0 radical (unpaired) electrons. The van der Waals surface area contributed by atoms with Crippen LogP contribution in [0.5, 0.6) is 0 Å². The van der Waals surface area contributed by atoms with Crippen LogP contribution in [0.3, 0.4) is 0 Å². The second-order valence-corrected chi connectivity index (χ2v) is 6.36. The molecule has 0 aliphatic rings. The fraction of sp³-hybridized carbons (Fsp3) is 0.500. The van der Waals surface area contributed by atoms with Gasteiger partial charge in [0.05, 0.1) is 17.7 Å². The van der Waals surface area contributed by atoms with Gasteiger partial charge in [0.15, 0.2) is 0 Å². The number of nitrogens with two attached hydrogens (primary N) is 1. The number of anilines is 1. The third-order valence-corrected chi connectivity index (χ3v) is 2.95. The summed E-state index contributed by atoms with van der Waals surface area (Å²) in [5, 5.41) is 2.74. The summed E-state index contributed by atoms with van der Waals surface area (Å²) in [7, 11) is 0. The number of amides is 1. The van der Waals surface area contributed by atoms with Crippen molar-refractivity contribution in [3.63, 3.8) is 0 Å². The standard InChI is InChI=1S/C16H24N2O3/c1-10(2)21-15(20)11-6-8-12(9-7-11)18-14(19)13(17)16(3,4)5/h6-10,13H,17H2,1-5H3,(H,18,19)/t13-/m0/s1. The molecule has 1 atom stereocenters. The first-order valence-electron chi connectivity index (χ1n) is 6.98. The van der Waals surface area contributed by atoms with Crippen molar-refractivity contribution in [2.45, 2.75) is 46.8 Å². The molecule has 0 saturated carbocycles. The normalized spacial score (nSPS) is 12.9.